The summed E-state index contributed by atoms with van der Waals surface area (Å²) >= 11 is 1.54. The largest absolute Gasteiger partial charge is 0.260 e. The van der Waals surface area contributed by atoms with Crippen molar-refractivity contribution in [2.24, 2.45) is 7.05 Å². The second-order valence-electron chi connectivity index (χ2n) is 3.33. The van der Waals surface area contributed by atoms with Crippen molar-refractivity contribution in [3.8, 4) is 17.3 Å². The van der Waals surface area contributed by atoms with Gasteiger partial charge in [0, 0.05) is 12.6 Å². The molecule has 2 rings (SSSR count). The molecule has 2 aromatic rings. The van der Waals surface area contributed by atoms with Gasteiger partial charge in [-0.1, -0.05) is 30.3 Å². The van der Waals surface area contributed by atoms with E-state index in [0.29, 0.717) is 5.56 Å². The number of hydrogen-bond donors (Lipinski definition) is 0. The topological polar surface area (TPSA) is 41.6 Å². The summed E-state index contributed by atoms with van der Waals surface area (Å²) in [6.07, 6.45) is 1.95. The van der Waals surface area contributed by atoms with Gasteiger partial charge in [-0.25, -0.2) is 0 Å². The Morgan fingerprint density at radius 2 is 2.00 bits per heavy atom. The Kier molecular flexibility index (Phi) is 2.97. The van der Waals surface area contributed by atoms with E-state index in [9.17, 15) is 5.26 Å². The van der Waals surface area contributed by atoms with Gasteiger partial charge in [-0.05, 0) is 6.26 Å². The maximum Gasteiger partial charge on any atom is 0.112 e. The Hall–Kier alpha value is -1.73. The zero-order chi connectivity index (χ0) is 11.5. The predicted octanol–water partition coefficient (Wildman–Crippen LogP) is 2.68. The zero-order valence-corrected chi connectivity index (χ0v) is 9.95. The highest BCUT2D eigenvalue weighted by Gasteiger charge is 2.16. The van der Waals surface area contributed by atoms with Gasteiger partial charge in [0.25, 0.3) is 0 Å². The lowest BCUT2D eigenvalue weighted by molar-refractivity contribution is 0.700. The Morgan fingerprint density at radius 3 is 2.56 bits per heavy atom. The molecule has 0 amide bonds. The molecule has 0 aliphatic carbocycles. The van der Waals surface area contributed by atoms with Crippen molar-refractivity contribution in [1.29, 1.82) is 5.26 Å². The highest BCUT2D eigenvalue weighted by atomic mass is 32.2. The SMILES string of the molecule is CSc1c(C#N)c(-c2ccccc2)nn1C. The summed E-state index contributed by atoms with van der Waals surface area (Å²) in [5, 5.41) is 14.5. The van der Waals surface area contributed by atoms with E-state index in [1.165, 1.54) is 0 Å². The first-order valence-corrected chi connectivity index (χ1v) is 6.07. The molecule has 0 saturated heterocycles. The second-order valence-corrected chi connectivity index (χ2v) is 4.13. The Bertz CT molecular complexity index is 537. The van der Waals surface area contributed by atoms with Crippen LogP contribution in [0.5, 0.6) is 0 Å². The number of aryl methyl sites for hydroxylation is 1. The van der Waals surface area contributed by atoms with E-state index in [0.717, 1.165) is 16.3 Å². The van der Waals surface area contributed by atoms with Crippen molar-refractivity contribution in [2.45, 2.75) is 5.03 Å². The van der Waals surface area contributed by atoms with Gasteiger partial charge in [0.2, 0.25) is 0 Å². The highest BCUT2D eigenvalue weighted by molar-refractivity contribution is 7.98. The van der Waals surface area contributed by atoms with Crippen molar-refractivity contribution >= 4 is 11.8 Å². The van der Waals surface area contributed by atoms with Crippen LogP contribution in [0.25, 0.3) is 11.3 Å². The monoisotopic (exact) mass is 229 g/mol. The first kappa shape index (κ1) is 10.8. The van der Waals surface area contributed by atoms with Crippen LogP contribution < -0.4 is 0 Å². The number of nitrogens with zero attached hydrogens (tertiary/aromatic N) is 3. The third-order valence-electron chi connectivity index (χ3n) is 2.35. The standard InChI is InChI=1S/C12H11N3S/c1-15-12(16-2)10(8-13)11(14-15)9-6-4-3-5-7-9/h3-7H,1-2H3. The Labute approximate surface area is 98.7 Å². The number of thioether (sulfide) groups is 1. The molecule has 0 atom stereocenters. The number of hydrogen-bond acceptors (Lipinski definition) is 3. The summed E-state index contributed by atoms with van der Waals surface area (Å²) < 4.78 is 1.76. The van der Waals surface area contributed by atoms with Crippen molar-refractivity contribution in [3.05, 3.63) is 35.9 Å². The van der Waals surface area contributed by atoms with E-state index in [2.05, 4.69) is 11.2 Å². The molecular formula is C12H11N3S. The maximum atomic E-state index is 9.19. The van der Waals surface area contributed by atoms with Gasteiger partial charge in [0.15, 0.2) is 0 Å². The third kappa shape index (κ3) is 1.70. The van der Waals surface area contributed by atoms with Crippen LogP contribution in [0, 0.1) is 11.3 Å². The Morgan fingerprint density at radius 1 is 1.31 bits per heavy atom. The first-order chi connectivity index (χ1) is 7.77. The number of aromatic nitrogens is 2. The molecule has 0 fully saturated rings. The van der Waals surface area contributed by atoms with E-state index >= 15 is 0 Å². The molecule has 0 saturated carbocycles. The highest BCUT2D eigenvalue weighted by Crippen LogP contribution is 2.29. The van der Waals surface area contributed by atoms with Crippen LogP contribution >= 0.6 is 11.8 Å². The summed E-state index contributed by atoms with van der Waals surface area (Å²) in [6, 6.07) is 12.0. The minimum atomic E-state index is 0.654. The van der Waals surface area contributed by atoms with Crippen molar-refractivity contribution < 1.29 is 0 Å². The van der Waals surface area contributed by atoms with Gasteiger partial charge in [-0.2, -0.15) is 10.4 Å². The number of nitriles is 1. The summed E-state index contributed by atoms with van der Waals surface area (Å²) in [5.74, 6) is 0. The maximum absolute atomic E-state index is 9.19. The van der Waals surface area contributed by atoms with Crippen LogP contribution in [-0.4, -0.2) is 16.0 Å². The van der Waals surface area contributed by atoms with Crippen LogP contribution in [0.4, 0.5) is 0 Å². The normalized spacial score (nSPS) is 10.1. The fourth-order valence-corrected chi connectivity index (χ4v) is 2.29. The van der Waals surface area contributed by atoms with E-state index in [1.807, 2.05) is 43.6 Å². The van der Waals surface area contributed by atoms with Crippen LogP contribution in [0.2, 0.25) is 0 Å². The lowest BCUT2D eigenvalue weighted by Gasteiger charge is -1.96. The molecule has 0 aliphatic heterocycles. The van der Waals surface area contributed by atoms with Crippen LogP contribution in [-0.2, 0) is 7.05 Å². The Balaban J connectivity index is 2.63. The van der Waals surface area contributed by atoms with Crippen molar-refractivity contribution in [1.82, 2.24) is 9.78 Å². The van der Waals surface area contributed by atoms with Crippen LogP contribution in [0.1, 0.15) is 5.56 Å². The van der Waals surface area contributed by atoms with Gasteiger partial charge >= 0.3 is 0 Å². The molecule has 0 bridgehead atoms. The van der Waals surface area contributed by atoms with E-state index in [-0.39, 0.29) is 0 Å². The lowest BCUT2D eigenvalue weighted by Crippen LogP contribution is -1.91. The molecule has 80 valence electrons. The summed E-state index contributed by atoms with van der Waals surface area (Å²) in [5.41, 5.74) is 2.39. The fourth-order valence-electron chi connectivity index (χ4n) is 1.64. The van der Waals surface area contributed by atoms with E-state index in [4.69, 9.17) is 0 Å². The molecular weight excluding hydrogens is 218 g/mol. The number of rotatable bonds is 2. The van der Waals surface area contributed by atoms with Gasteiger partial charge in [0.05, 0.1) is 0 Å². The predicted molar refractivity (Wildman–Crippen MR) is 65.1 cm³/mol. The fraction of sp³-hybridized carbons (Fsp3) is 0.167. The van der Waals surface area contributed by atoms with E-state index in [1.54, 1.807) is 16.4 Å². The molecule has 16 heavy (non-hydrogen) atoms. The molecule has 1 aromatic carbocycles. The smallest absolute Gasteiger partial charge is 0.112 e. The molecule has 0 spiro atoms. The average molecular weight is 229 g/mol. The quantitative estimate of drug-likeness (QED) is 0.743. The molecule has 0 aliphatic rings. The molecule has 0 unspecified atom stereocenters. The molecule has 3 nitrogen and oxygen atoms in total. The van der Waals surface area contributed by atoms with E-state index < -0.39 is 0 Å². The van der Waals surface area contributed by atoms with Gasteiger partial charge in [-0.3, -0.25) is 4.68 Å². The minimum absolute atomic E-state index is 0.654. The van der Waals surface area contributed by atoms with Gasteiger partial charge in [-0.15, -0.1) is 11.8 Å². The first-order valence-electron chi connectivity index (χ1n) is 4.84. The summed E-state index contributed by atoms with van der Waals surface area (Å²) in [6.45, 7) is 0. The third-order valence-corrected chi connectivity index (χ3v) is 3.20. The average Bonchev–Trinajstić information content (AvgIpc) is 2.66. The molecule has 1 heterocycles. The van der Waals surface area contributed by atoms with Crippen molar-refractivity contribution in [2.75, 3.05) is 6.26 Å². The van der Waals surface area contributed by atoms with Crippen LogP contribution in [0.3, 0.4) is 0 Å². The van der Waals surface area contributed by atoms with Crippen molar-refractivity contribution in [3.63, 3.8) is 0 Å². The minimum Gasteiger partial charge on any atom is -0.260 e. The number of benzene rings is 1. The molecule has 0 N–H and O–H groups in total. The second kappa shape index (κ2) is 4.42. The van der Waals surface area contributed by atoms with Gasteiger partial charge < -0.3 is 0 Å². The lowest BCUT2D eigenvalue weighted by atomic mass is 10.1. The summed E-state index contributed by atoms with van der Waals surface area (Å²) in [4.78, 5) is 0. The van der Waals surface area contributed by atoms with Gasteiger partial charge in [0.1, 0.15) is 22.4 Å². The zero-order valence-electron chi connectivity index (χ0n) is 9.14. The molecule has 4 heteroatoms. The van der Waals surface area contributed by atoms with Crippen LogP contribution in [0.15, 0.2) is 35.4 Å². The summed E-state index contributed by atoms with van der Waals surface area (Å²) in [7, 11) is 1.86. The molecule has 1 aromatic heterocycles. The molecule has 0 radical (unpaired) electrons.